The van der Waals surface area contributed by atoms with Gasteiger partial charge in [-0.3, -0.25) is 19.3 Å². The molecule has 0 spiro atoms. The van der Waals surface area contributed by atoms with Gasteiger partial charge in [0.05, 0.1) is 30.0 Å². The number of carbonyl (C=O) groups is 4. The molecule has 0 saturated carbocycles. The number of nitrogens with two attached hydrogens (primary N) is 1. The molecular weight excluding hydrogens is 454 g/mol. The third-order valence-electron chi connectivity index (χ3n) is 6.07. The number of aliphatic hydroxyl groups is 1. The first kappa shape index (κ1) is 26.4. The summed E-state index contributed by atoms with van der Waals surface area (Å²) in [6, 6.07) is 7.06. The number of hydrogen-bond donors (Lipinski definition) is 2. The zero-order chi connectivity index (χ0) is 26.1. The second kappa shape index (κ2) is 10.2. The molecule has 1 saturated heterocycles. The van der Waals surface area contributed by atoms with E-state index in [4.69, 9.17) is 15.2 Å². The lowest BCUT2D eigenvalue weighted by Gasteiger charge is -2.44. The van der Waals surface area contributed by atoms with Crippen LogP contribution in [0, 0.1) is 11.3 Å². The average molecular weight is 488 g/mol. The van der Waals surface area contributed by atoms with Crippen molar-refractivity contribution in [1.82, 2.24) is 9.80 Å². The first-order valence-electron chi connectivity index (χ1n) is 11.5. The smallest absolute Gasteiger partial charge is 0.358 e. The van der Waals surface area contributed by atoms with Crippen LogP contribution in [-0.4, -0.2) is 71.2 Å². The molecule has 35 heavy (non-hydrogen) atoms. The van der Waals surface area contributed by atoms with E-state index in [1.165, 1.54) is 4.90 Å². The van der Waals surface area contributed by atoms with Crippen molar-refractivity contribution in [3.63, 3.8) is 0 Å². The highest BCUT2D eigenvalue weighted by Crippen LogP contribution is 2.47. The first-order chi connectivity index (χ1) is 16.3. The van der Waals surface area contributed by atoms with Crippen LogP contribution < -0.4 is 5.73 Å². The van der Waals surface area contributed by atoms with Gasteiger partial charge in [-0.1, -0.05) is 24.3 Å². The van der Waals surface area contributed by atoms with Crippen molar-refractivity contribution in [3.8, 4) is 0 Å². The van der Waals surface area contributed by atoms with Crippen molar-refractivity contribution < 1.29 is 33.8 Å². The summed E-state index contributed by atoms with van der Waals surface area (Å²) < 4.78 is 10.3. The van der Waals surface area contributed by atoms with E-state index in [1.807, 2.05) is 24.3 Å². The van der Waals surface area contributed by atoms with Crippen molar-refractivity contribution >= 4 is 29.3 Å². The van der Waals surface area contributed by atoms with Crippen LogP contribution in [0.3, 0.4) is 0 Å². The van der Waals surface area contributed by atoms with E-state index in [1.54, 1.807) is 39.6 Å². The van der Waals surface area contributed by atoms with Crippen molar-refractivity contribution in [2.24, 2.45) is 17.1 Å². The van der Waals surface area contributed by atoms with Gasteiger partial charge in [0.1, 0.15) is 5.70 Å². The summed E-state index contributed by atoms with van der Waals surface area (Å²) in [4.78, 5) is 52.2. The number of aliphatic hydroxyl groups excluding tert-OH is 1. The van der Waals surface area contributed by atoms with Crippen LogP contribution in [0.4, 0.5) is 0 Å². The van der Waals surface area contributed by atoms with Gasteiger partial charge in [-0.15, -0.1) is 0 Å². The van der Waals surface area contributed by atoms with Gasteiger partial charge in [-0.2, -0.15) is 0 Å². The minimum Gasteiger partial charge on any atom is -0.427 e. The lowest BCUT2D eigenvalue weighted by atomic mass is 9.82. The third kappa shape index (κ3) is 5.71. The first-order valence-corrected chi connectivity index (χ1v) is 11.5. The molecule has 0 unspecified atom stereocenters. The highest BCUT2D eigenvalue weighted by Gasteiger charge is 2.57. The summed E-state index contributed by atoms with van der Waals surface area (Å²) in [6.07, 6.45) is -0.490. The maximum atomic E-state index is 13.1. The van der Waals surface area contributed by atoms with Crippen molar-refractivity contribution in [2.75, 3.05) is 20.4 Å². The average Bonchev–Trinajstić information content (AvgIpc) is 3.07. The van der Waals surface area contributed by atoms with Crippen LogP contribution >= 0.6 is 0 Å². The Balaban J connectivity index is 1.87. The minimum atomic E-state index is -0.859. The van der Waals surface area contributed by atoms with Crippen molar-refractivity contribution in [1.29, 1.82) is 0 Å². The molecule has 1 fully saturated rings. The lowest BCUT2D eigenvalue weighted by molar-refractivity contribution is -0.175. The number of carbonyl (C=O) groups excluding carboxylic acids is 4. The van der Waals surface area contributed by atoms with Gasteiger partial charge in [0.15, 0.2) is 0 Å². The summed E-state index contributed by atoms with van der Waals surface area (Å²) in [5.41, 5.74) is 6.82. The largest absolute Gasteiger partial charge is 0.427 e. The number of primary amides is 1. The lowest BCUT2D eigenvalue weighted by Crippen LogP contribution is -2.61. The SMILES string of the molecule is C[C@@H](O)[C@H]1C(=O)N2C(C(=O)OCOC(=O)C(C)(C)C)=C(c3cccc(CN(C)CC(N)=O)c3)C[C@H]12. The second-order valence-corrected chi connectivity index (χ2v) is 10.1. The molecule has 3 N–H and O–H groups in total. The molecule has 0 radical (unpaired) electrons. The molecule has 0 aromatic heterocycles. The quantitative estimate of drug-likeness (QED) is 0.299. The molecular formula is C25H33N3O7. The van der Waals surface area contributed by atoms with E-state index in [0.29, 0.717) is 18.5 Å². The highest BCUT2D eigenvalue weighted by atomic mass is 16.7. The van der Waals surface area contributed by atoms with E-state index in [2.05, 4.69) is 0 Å². The standard InChI is InChI=1S/C25H33N3O7/c1-14(29)20-18-10-17(16-8-6-7-15(9-16)11-27(5)12-19(26)30)21(28(18)22(20)31)23(32)34-13-35-24(33)25(2,3)4/h6-9,14,18,20,29H,10-13H2,1-5H3,(H2,26,30)/t14-,18-,20-/m1/s1. The van der Waals surface area contributed by atoms with Crippen LogP contribution in [0.25, 0.3) is 5.57 Å². The second-order valence-electron chi connectivity index (χ2n) is 10.1. The van der Waals surface area contributed by atoms with Crippen LogP contribution in [0.2, 0.25) is 0 Å². The number of hydrogen-bond acceptors (Lipinski definition) is 8. The fourth-order valence-corrected chi connectivity index (χ4v) is 4.43. The van der Waals surface area contributed by atoms with E-state index >= 15 is 0 Å². The van der Waals surface area contributed by atoms with Gasteiger partial charge in [0, 0.05) is 6.54 Å². The maximum absolute atomic E-state index is 13.1. The Kier molecular flexibility index (Phi) is 7.66. The Morgan fingerprint density at radius 2 is 1.94 bits per heavy atom. The Morgan fingerprint density at radius 3 is 2.54 bits per heavy atom. The van der Waals surface area contributed by atoms with Crippen molar-refractivity contribution in [2.45, 2.75) is 52.8 Å². The predicted octanol–water partition coefficient (Wildman–Crippen LogP) is 1.02. The molecule has 3 atom stereocenters. The Labute approximate surface area is 204 Å². The number of nitrogens with zero attached hydrogens (tertiary/aromatic N) is 2. The molecule has 2 amide bonds. The number of rotatable bonds is 9. The van der Waals surface area contributed by atoms with E-state index in [-0.39, 0.29) is 24.2 Å². The van der Waals surface area contributed by atoms with Gasteiger partial charge >= 0.3 is 11.9 Å². The number of amides is 2. The number of β-lactam (4-membered cyclic amide) rings is 1. The highest BCUT2D eigenvalue weighted by molar-refractivity contribution is 6.06. The summed E-state index contributed by atoms with van der Waals surface area (Å²) in [6.45, 7) is 6.58. The number of ether oxygens (including phenoxy) is 2. The van der Waals surface area contributed by atoms with E-state index in [0.717, 1.165) is 11.1 Å². The molecule has 1 aromatic rings. The summed E-state index contributed by atoms with van der Waals surface area (Å²) in [5, 5.41) is 10.1. The topological polar surface area (TPSA) is 139 Å². The fourth-order valence-electron chi connectivity index (χ4n) is 4.43. The number of fused-ring (bicyclic) bond motifs is 1. The molecule has 10 heteroatoms. The number of benzene rings is 1. The molecule has 1 aromatic carbocycles. The molecule has 3 rings (SSSR count). The maximum Gasteiger partial charge on any atom is 0.358 e. The molecule has 0 aliphatic carbocycles. The third-order valence-corrected chi connectivity index (χ3v) is 6.07. The Bertz CT molecular complexity index is 1060. The van der Waals surface area contributed by atoms with Crippen LogP contribution in [0.15, 0.2) is 30.0 Å². The molecule has 2 heterocycles. The number of esters is 2. The minimum absolute atomic E-state index is 0.0892. The molecule has 2 aliphatic heterocycles. The molecule has 190 valence electrons. The summed E-state index contributed by atoms with van der Waals surface area (Å²) in [7, 11) is 1.77. The predicted molar refractivity (Wildman–Crippen MR) is 126 cm³/mol. The van der Waals surface area contributed by atoms with Gasteiger partial charge in [-0.05, 0) is 57.9 Å². The molecule has 10 nitrogen and oxygen atoms in total. The van der Waals surface area contributed by atoms with E-state index < -0.39 is 42.1 Å². The monoisotopic (exact) mass is 487 g/mol. The number of likely N-dealkylation sites (N-methyl/N-ethyl adjacent to an activating group) is 1. The van der Waals surface area contributed by atoms with Gasteiger partial charge in [-0.25, -0.2) is 4.79 Å². The normalized spacial score (nSPS) is 20.4. The van der Waals surface area contributed by atoms with Crippen LogP contribution in [0.1, 0.15) is 45.2 Å². The Morgan fingerprint density at radius 1 is 1.26 bits per heavy atom. The van der Waals surface area contributed by atoms with Gasteiger partial charge in [0.25, 0.3) is 0 Å². The zero-order valence-corrected chi connectivity index (χ0v) is 20.7. The molecule has 0 bridgehead atoms. The summed E-state index contributed by atoms with van der Waals surface area (Å²) >= 11 is 0. The van der Waals surface area contributed by atoms with E-state index in [9.17, 15) is 24.3 Å². The van der Waals surface area contributed by atoms with Gasteiger partial charge in [0.2, 0.25) is 18.6 Å². The van der Waals surface area contributed by atoms with Crippen molar-refractivity contribution in [3.05, 3.63) is 41.1 Å². The summed E-state index contributed by atoms with van der Waals surface area (Å²) in [5.74, 6) is -2.70. The fraction of sp³-hybridized carbons (Fsp3) is 0.520. The Hall–Kier alpha value is -3.24. The zero-order valence-electron chi connectivity index (χ0n) is 20.7. The molecule has 2 aliphatic rings. The van der Waals surface area contributed by atoms with Crippen LogP contribution in [0.5, 0.6) is 0 Å². The van der Waals surface area contributed by atoms with Crippen LogP contribution in [-0.2, 0) is 35.2 Å². The van der Waals surface area contributed by atoms with Gasteiger partial charge < -0.3 is 25.2 Å².